The second-order valence-electron chi connectivity index (χ2n) is 11.4. The average molecular weight is 538 g/mol. The van der Waals surface area contributed by atoms with Gasteiger partial charge in [-0.25, -0.2) is 4.79 Å². The van der Waals surface area contributed by atoms with Crippen LogP contribution in [0.15, 0.2) is 54.7 Å². The summed E-state index contributed by atoms with van der Waals surface area (Å²) in [5.74, 6) is -0.544. The molecule has 0 radical (unpaired) electrons. The van der Waals surface area contributed by atoms with Gasteiger partial charge in [0.25, 0.3) is 0 Å². The van der Waals surface area contributed by atoms with E-state index in [0.29, 0.717) is 0 Å². The highest BCUT2D eigenvalue weighted by Gasteiger charge is 2.65. The van der Waals surface area contributed by atoms with Gasteiger partial charge in [-0.05, 0) is 25.5 Å². The molecule has 0 amide bonds. The lowest BCUT2D eigenvalue weighted by Gasteiger charge is -2.37. The predicted octanol–water partition coefficient (Wildman–Crippen LogP) is 6.55. The molecule has 3 N–H and O–H groups in total. The summed E-state index contributed by atoms with van der Waals surface area (Å²) in [6.45, 7) is 4.20. The summed E-state index contributed by atoms with van der Waals surface area (Å²) in [6, 6.07) is 16.0. The number of hydrogen-bond acceptors (Lipinski definition) is 5. The Morgan fingerprint density at radius 2 is 1.73 bits per heavy atom. The van der Waals surface area contributed by atoms with Crippen molar-refractivity contribution in [2.45, 2.75) is 63.5 Å². The van der Waals surface area contributed by atoms with Crippen molar-refractivity contribution in [1.82, 2.24) is 14.1 Å². The number of benzene rings is 3. The molecule has 1 saturated heterocycles. The lowest BCUT2D eigenvalue weighted by atomic mass is 9.89. The van der Waals surface area contributed by atoms with Crippen molar-refractivity contribution >= 4 is 60.4 Å². The van der Waals surface area contributed by atoms with Crippen LogP contribution in [0.1, 0.15) is 52.2 Å². The molecule has 3 aromatic heterocycles. The molecule has 0 aliphatic carbocycles. The maximum atomic E-state index is 13.8. The number of hydrogen-bond donors (Lipinski definition) is 3. The molecule has 0 saturated carbocycles. The topological polar surface area (TPSA) is 102 Å². The summed E-state index contributed by atoms with van der Waals surface area (Å²) in [5, 5.41) is 28.9. The molecule has 8 heteroatoms. The number of ether oxygens (including phenoxy) is 2. The van der Waals surface area contributed by atoms with E-state index in [1.165, 1.54) is 0 Å². The van der Waals surface area contributed by atoms with Crippen LogP contribution in [0.25, 0.3) is 54.4 Å². The van der Waals surface area contributed by atoms with Gasteiger partial charge in [0, 0.05) is 39.5 Å². The van der Waals surface area contributed by atoms with Crippen LogP contribution in [0.3, 0.4) is 0 Å². The smallest absolute Gasteiger partial charge is 0.343 e. The number of rotatable bonds is 6. The number of H-pyrrole nitrogens is 1. The molecule has 0 spiro atoms. The van der Waals surface area contributed by atoms with Crippen LogP contribution in [-0.4, -0.2) is 42.5 Å². The first kappa shape index (κ1) is 23.8. The van der Waals surface area contributed by atoms with Gasteiger partial charge in [-0.3, -0.25) is 0 Å². The van der Waals surface area contributed by atoms with Gasteiger partial charge in [0.1, 0.15) is 6.23 Å². The van der Waals surface area contributed by atoms with Gasteiger partial charge < -0.3 is 33.8 Å². The Labute approximate surface area is 229 Å². The fourth-order valence-corrected chi connectivity index (χ4v) is 7.40. The number of unbranched alkanes of at least 4 members (excludes halogenated alkanes) is 3. The van der Waals surface area contributed by atoms with Crippen molar-refractivity contribution in [3.8, 4) is 5.88 Å². The van der Waals surface area contributed by atoms with Gasteiger partial charge in [-0.2, -0.15) is 0 Å². The predicted molar refractivity (Wildman–Crippen MR) is 154 cm³/mol. The maximum Gasteiger partial charge on any atom is 0.343 e. The summed E-state index contributed by atoms with van der Waals surface area (Å²) in [7, 11) is 0. The first-order valence-corrected chi connectivity index (χ1v) is 14.2. The van der Waals surface area contributed by atoms with Crippen LogP contribution >= 0.6 is 0 Å². The Balaban J connectivity index is 1.49. The molecule has 0 unspecified atom stereocenters. The Morgan fingerprint density at radius 3 is 2.50 bits per heavy atom. The van der Waals surface area contributed by atoms with E-state index in [9.17, 15) is 15.0 Å². The summed E-state index contributed by atoms with van der Waals surface area (Å²) in [4.78, 5) is 16.8. The van der Waals surface area contributed by atoms with E-state index < -0.39 is 23.5 Å². The minimum absolute atomic E-state index is 0.0374. The zero-order valence-electron chi connectivity index (χ0n) is 22.5. The normalized spacial score (nSPS) is 23.8. The molecule has 1 fully saturated rings. The van der Waals surface area contributed by atoms with Crippen molar-refractivity contribution in [3.05, 3.63) is 54.7 Å². The van der Waals surface area contributed by atoms with Gasteiger partial charge in [0.15, 0.2) is 11.6 Å². The Bertz CT molecular complexity index is 2020. The number of para-hydroxylation sites is 2. The van der Waals surface area contributed by atoms with E-state index in [4.69, 9.17) is 9.47 Å². The number of nitrogens with zero attached hydrogens (tertiary/aromatic N) is 2. The van der Waals surface area contributed by atoms with Crippen molar-refractivity contribution in [2.24, 2.45) is 0 Å². The number of nitrogens with one attached hydrogen (secondary N) is 1. The number of aromatic hydroxyl groups is 1. The largest absolute Gasteiger partial charge is 0.494 e. The summed E-state index contributed by atoms with van der Waals surface area (Å²) in [6.07, 6.45) is 5.14. The van der Waals surface area contributed by atoms with Crippen LogP contribution in [0.5, 0.6) is 5.88 Å². The van der Waals surface area contributed by atoms with Gasteiger partial charge in [-0.15, -0.1) is 0 Å². The van der Waals surface area contributed by atoms with E-state index >= 15 is 0 Å². The Hall–Kier alpha value is -4.01. The third-order valence-electron chi connectivity index (χ3n) is 9.27. The standard InChI is InChI=1S/C32H31N3O5/c1-3-4-5-10-15-39-30(37)32(38)16-23-34-21-13-8-6-11-18(21)25-26-20(17-33-29(26)36)24-19-12-7-9-14-22(19)35(28(24)27(25)34)31(32,2)40-23/h6-9,11-14,17,23,33,36,38H,3-5,10,15-16H2,1-2H3/t23-,31+,32+/m0/s1. The molecule has 8 nitrogen and oxygen atoms in total. The van der Waals surface area contributed by atoms with Crippen LogP contribution in [0, 0.1) is 0 Å². The Kier molecular flexibility index (Phi) is 4.78. The SMILES string of the molecule is CCCCCCOC(=O)[C@]1(O)C[C@@H]2O[C@@]1(C)n1c3ccccc3c3c4c[nH]c(O)c4c4c5ccccc5n2c4c31. The van der Waals surface area contributed by atoms with Crippen molar-refractivity contribution in [2.75, 3.05) is 6.61 Å². The van der Waals surface area contributed by atoms with E-state index in [1.54, 1.807) is 6.92 Å². The number of esters is 1. The third-order valence-corrected chi connectivity index (χ3v) is 9.27. The third kappa shape index (κ3) is 2.70. The fraction of sp³-hybridized carbons (Fsp3) is 0.344. The highest BCUT2D eigenvalue weighted by molar-refractivity contribution is 6.37. The number of aromatic nitrogens is 3. The van der Waals surface area contributed by atoms with Crippen LogP contribution in [0.2, 0.25) is 0 Å². The number of carbonyl (C=O) groups excluding carboxylic acids is 1. The van der Waals surface area contributed by atoms with Crippen LogP contribution in [-0.2, 0) is 20.0 Å². The lowest BCUT2D eigenvalue weighted by molar-refractivity contribution is -0.204. The lowest BCUT2D eigenvalue weighted by Crippen LogP contribution is -2.56. The number of aromatic amines is 1. The monoisotopic (exact) mass is 537 g/mol. The zero-order valence-corrected chi connectivity index (χ0v) is 22.5. The highest BCUT2D eigenvalue weighted by Crippen LogP contribution is 2.58. The van der Waals surface area contributed by atoms with Gasteiger partial charge in [0.2, 0.25) is 5.60 Å². The maximum absolute atomic E-state index is 13.8. The van der Waals surface area contributed by atoms with E-state index in [0.717, 1.165) is 80.1 Å². The number of aliphatic hydroxyl groups is 1. The molecule has 3 aromatic carbocycles. The van der Waals surface area contributed by atoms with Crippen LogP contribution < -0.4 is 0 Å². The molecule has 204 valence electrons. The molecule has 40 heavy (non-hydrogen) atoms. The number of fused-ring (bicyclic) bond motifs is 13. The molecule has 3 atom stereocenters. The van der Waals surface area contributed by atoms with Gasteiger partial charge in [-0.1, -0.05) is 62.6 Å². The van der Waals surface area contributed by atoms with Crippen molar-refractivity contribution in [1.29, 1.82) is 0 Å². The first-order chi connectivity index (χ1) is 19.4. The summed E-state index contributed by atoms with van der Waals surface area (Å²) in [5.41, 5.74) is 0.148. The molecule has 5 heterocycles. The first-order valence-electron chi connectivity index (χ1n) is 14.2. The Morgan fingerprint density at radius 1 is 1.00 bits per heavy atom. The molecule has 2 aliphatic rings. The molecule has 6 aromatic rings. The second-order valence-corrected chi connectivity index (χ2v) is 11.4. The molecular formula is C32H31N3O5. The highest BCUT2D eigenvalue weighted by atomic mass is 16.6. The average Bonchev–Trinajstić information content (AvgIpc) is 3.65. The molecule has 2 aliphatic heterocycles. The van der Waals surface area contributed by atoms with Crippen molar-refractivity contribution < 1.29 is 24.5 Å². The van der Waals surface area contributed by atoms with E-state index in [2.05, 4.69) is 16.5 Å². The number of carbonyl (C=O) groups is 1. The summed E-state index contributed by atoms with van der Waals surface area (Å²) < 4.78 is 16.7. The van der Waals surface area contributed by atoms with Crippen LogP contribution in [0.4, 0.5) is 0 Å². The van der Waals surface area contributed by atoms with Gasteiger partial charge >= 0.3 is 5.97 Å². The minimum atomic E-state index is -1.93. The van der Waals surface area contributed by atoms with E-state index in [1.807, 2.05) is 59.3 Å². The fourth-order valence-electron chi connectivity index (χ4n) is 7.40. The second kappa shape index (κ2) is 8.02. The van der Waals surface area contributed by atoms with Gasteiger partial charge in [0.05, 0.1) is 34.1 Å². The van der Waals surface area contributed by atoms with Crippen molar-refractivity contribution in [3.63, 3.8) is 0 Å². The minimum Gasteiger partial charge on any atom is -0.494 e. The molecule has 8 rings (SSSR count). The quantitative estimate of drug-likeness (QED) is 0.165. The summed E-state index contributed by atoms with van der Waals surface area (Å²) >= 11 is 0. The van der Waals surface area contributed by atoms with E-state index in [-0.39, 0.29) is 18.9 Å². The zero-order chi connectivity index (χ0) is 27.4. The molecular weight excluding hydrogens is 506 g/mol. The molecule has 2 bridgehead atoms.